The van der Waals surface area contributed by atoms with Gasteiger partial charge < -0.3 is 10.1 Å². The van der Waals surface area contributed by atoms with Gasteiger partial charge in [0.25, 0.3) is 0 Å². The van der Waals surface area contributed by atoms with Gasteiger partial charge in [0.1, 0.15) is 5.82 Å². The fourth-order valence-electron chi connectivity index (χ4n) is 1.78. The van der Waals surface area contributed by atoms with Crippen molar-refractivity contribution in [1.29, 1.82) is 0 Å². The molecule has 0 spiro atoms. The molecule has 1 aliphatic rings. The zero-order valence-electron chi connectivity index (χ0n) is 9.70. The van der Waals surface area contributed by atoms with Gasteiger partial charge in [-0.15, -0.1) is 0 Å². The van der Waals surface area contributed by atoms with Gasteiger partial charge in [0.15, 0.2) is 5.82 Å². The number of ether oxygens (including phenoxy) is 1. The average Bonchev–Trinajstić information content (AvgIpc) is 2.76. The van der Waals surface area contributed by atoms with Crippen LogP contribution in [-0.2, 0) is 17.7 Å². The number of hydrogen-bond donors (Lipinski definition) is 2. The van der Waals surface area contributed by atoms with Gasteiger partial charge in [0.05, 0.1) is 19.8 Å². The van der Waals surface area contributed by atoms with Crippen LogP contribution in [-0.4, -0.2) is 60.0 Å². The predicted octanol–water partition coefficient (Wildman–Crippen LogP) is -0.601. The van der Waals surface area contributed by atoms with Crippen molar-refractivity contribution in [1.82, 2.24) is 25.4 Å². The summed E-state index contributed by atoms with van der Waals surface area (Å²) in [5.41, 5.74) is 0. The number of rotatable bonds is 5. The van der Waals surface area contributed by atoms with E-state index in [0.29, 0.717) is 0 Å². The van der Waals surface area contributed by atoms with Crippen LogP contribution in [0.1, 0.15) is 11.6 Å². The van der Waals surface area contributed by atoms with Gasteiger partial charge in [-0.05, 0) is 7.05 Å². The largest absolute Gasteiger partial charge is 0.379 e. The second kappa shape index (κ2) is 5.93. The molecular weight excluding hydrogens is 206 g/mol. The molecular formula is C10H19N5O. The minimum Gasteiger partial charge on any atom is -0.379 e. The molecule has 1 aliphatic heterocycles. The van der Waals surface area contributed by atoms with E-state index in [0.717, 1.165) is 57.5 Å². The minimum absolute atomic E-state index is 0.741. The van der Waals surface area contributed by atoms with E-state index in [1.54, 1.807) is 0 Å². The summed E-state index contributed by atoms with van der Waals surface area (Å²) in [5, 5.41) is 10.2. The Labute approximate surface area is 95.4 Å². The Morgan fingerprint density at radius 2 is 2.25 bits per heavy atom. The monoisotopic (exact) mass is 225 g/mol. The van der Waals surface area contributed by atoms with Gasteiger partial charge in [-0.25, -0.2) is 4.98 Å². The summed E-state index contributed by atoms with van der Waals surface area (Å²) in [6.45, 7) is 5.49. The van der Waals surface area contributed by atoms with Gasteiger partial charge in [-0.3, -0.25) is 10.00 Å². The van der Waals surface area contributed by atoms with Crippen molar-refractivity contribution >= 4 is 0 Å². The second-order valence-corrected chi connectivity index (χ2v) is 3.93. The molecule has 90 valence electrons. The highest BCUT2D eigenvalue weighted by Crippen LogP contribution is 2.00. The smallest absolute Gasteiger partial charge is 0.152 e. The third-order valence-electron chi connectivity index (χ3n) is 2.68. The van der Waals surface area contributed by atoms with Crippen molar-refractivity contribution in [3.8, 4) is 0 Å². The Balaban J connectivity index is 1.75. The highest BCUT2D eigenvalue weighted by molar-refractivity contribution is 4.90. The average molecular weight is 225 g/mol. The molecule has 1 aromatic rings. The summed E-state index contributed by atoms with van der Waals surface area (Å²) in [6, 6.07) is 0. The fourth-order valence-corrected chi connectivity index (χ4v) is 1.78. The Bertz CT molecular complexity index is 308. The van der Waals surface area contributed by atoms with E-state index >= 15 is 0 Å². The number of morpholine rings is 1. The molecule has 0 saturated carbocycles. The van der Waals surface area contributed by atoms with Crippen molar-refractivity contribution in [2.75, 3.05) is 39.9 Å². The van der Waals surface area contributed by atoms with Crippen LogP contribution in [0.3, 0.4) is 0 Å². The minimum atomic E-state index is 0.741. The fraction of sp³-hybridized carbons (Fsp3) is 0.800. The lowest BCUT2D eigenvalue weighted by atomic mass is 10.3. The molecule has 2 heterocycles. The maximum Gasteiger partial charge on any atom is 0.152 e. The second-order valence-electron chi connectivity index (χ2n) is 3.93. The van der Waals surface area contributed by atoms with Crippen LogP contribution in [0.4, 0.5) is 0 Å². The normalized spacial score (nSPS) is 17.8. The molecule has 2 N–H and O–H groups in total. The standard InChI is InChI=1S/C10H19N5O/c1-11-8-10-12-9(13-14-10)2-3-15-4-6-16-7-5-15/h11H,2-8H2,1H3,(H,12,13,14). The van der Waals surface area contributed by atoms with Gasteiger partial charge in [-0.2, -0.15) is 5.10 Å². The first-order chi connectivity index (χ1) is 7.88. The van der Waals surface area contributed by atoms with E-state index in [-0.39, 0.29) is 0 Å². The SMILES string of the molecule is CNCc1nc(CCN2CCOCC2)n[nH]1. The lowest BCUT2D eigenvalue weighted by Crippen LogP contribution is -2.37. The van der Waals surface area contributed by atoms with E-state index in [1.807, 2.05) is 7.05 Å². The number of aromatic nitrogens is 3. The van der Waals surface area contributed by atoms with Crippen LogP contribution in [0.15, 0.2) is 0 Å². The molecule has 6 heteroatoms. The van der Waals surface area contributed by atoms with Crippen LogP contribution >= 0.6 is 0 Å². The molecule has 1 aromatic heterocycles. The molecule has 6 nitrogen and oxygen atoms in total. The highest BCUT2D eigenvalue weighted by atomic mass is 16.5. The van der Waals surface area contributed by atoms with Crippen LogP contribution in [0.2, 0.25) is 0 Å². The number of H-pyrrole nitrogens is 1. The van der Waals surface area contributed by atoms with Crippen LogP contribution in [0.25, 0.3) is 0 Å². The van der Waals surface area contributed by atoms with Gasteiger partial charge in [-0.1, -0.05) is 0 Å². The van der Waals surface area contributed by atoms with E-state index < -0.39 is 0 Å². The Kier molecular flexibility index (Phi) is 4.26. The Morgan fingerprint density at radius 1 is 1.44 bits per heavy atom. The molecule has 1 fully saturated rings. The molecule has 0 aromatic carbocycles. The van der Waals surface area contributed by atoms with Crippen molar-refractivity contribution in [2.24, 2.45) is 0 Å². The van der Waals surface area contributed by atoms with Gasteiger partial charge in [0, 0.05) is 26.1 Å². The van der Waals surface area contributed by atoms with Crippen LogP contribution < -0.4 is 5.32 Å². The van der Waals surface area contributed by atoms with Crippen molar-refractivity contribution in [3.63, 3.8) is 0 Å². The lowest BCUT2D eigenvalue weighted by Gasteiger charge is -2.25. The van der Waals surface area contributed by atoms with Gasteiger partial charge in [0.2, 0.25) is 0 Å². The summed E-state index contributed by atoms with van der Waals surface area (Å²) in [7, 11) is 1.90. The molecule has 0 unspecified atom stereocenters. The number of nitrogens with zero attached hydrogens (tertiary/aromatic N) is 3. The molecule has 1 saturated heterocycles. The third-order valence-corrected chi connectivity index (χ3v) is 2.68. The Morgan fingerprint density at radius 3 is 3.00 bits per heavy atom. The Hall–Kier alpha value is -0.980. The summed E-state index contributed by atoms with van der Waals surface area (Å²) < 4.78 is 5.30. The topological polar surface area (TPSA) is 66.1 Å². The van der Waals surface area contributed by atoms with Crippen LogP contribution in [0.5, 0.6) is 0 Å². The third kappa shape index (κ3) is 3.26. The van der Waals surface area contributed by atoms with Gasteiger partial charge >= 0.3 is 0 Å². The van der Waals surface area contributed by atoms with E-state index in [9.17, 15) is 0 Å². The number of nitrogens with one attached hydrogen (secondary N) is 2. The molecule has 2 rings (SSSR count). The highest BCUT2D eigenvalue weighted by Gasteiger charge is 2.11. The zero-order valence-corrected chi connectivity index (χ0v) is 9.70. The van der Waals surface area contributed by atoms with Crippen LogP contribution in [0, 0.1) is 0 Å². The predicted molar refractivity (Wildman–Crippen MR) is 60.1 cm³/mol. The first kappa shape index (κ1) is 11.5. The van der Waals surface area contributed by atoms with Crippen molar-refractivity contribution < 1.29 is 4.74 Å². The molecule has 16 heavy (non-hydrogen) atoms. The first-order valence-corrected chi connectivity index (χ1v) is 5.73. The maximum atomic E-state index is 5.30. The van der Waals surface area contributed by atoms with Crippen molar-refractivity contribution in [3.05, 3.63) is 11.6 Å². The lowest BCUT2D eigenvalue weighted by molar-refractivity contribution is 0.0382. The van der Waals surface area contributed by atoms with E-state index in [2.05, 4.69) is 25.4 Å². The molecule has 0 bridgehead atoms. The first-order valence-electron chi connectivity index (χ1n) is 5.73. The number of hydrogen-bond acceptors (Lipinski definition) is 5. The van der Waals surface area contributed by atoms with E-state index in [4.69, 9.17) is 4.74 Å². The van der Waals surface area contributed by atoms with Crippen molar-refractivity contribution in [2.45, 2.75) is 13.0 Å². The van der Waals surface area contributed by atoms with E-state index in [1.165, 1.54) is 0 Å². The summed E-state index contributed by atoms with van der Waals surface area (Å²) in [5.74, 6) is 1.80. The molecule has 0 atom stereocenters. The number of aromatic amines is 1. The quantitative estimate of drug-likeness (QED) is 0.700. The summed E-state index contributed by atoms with van der Waals surface area (Å²) in [4.78, 5) is 6.78. The maximum absolute atomic E-state index is 5.30. The molecule has 0 radical (unpaired) electrons. The summed E-state index contributed by atoms with van der Waals surface area (Å²) >= 11 is 0. The molecule has 0 amide bonds. The molecule has 0 aliphatic carbocycles. The zero-order chi connectivity index (χ0) is 11.2. The summed E-state index contributed by atoms with van der Waals surface area (Å²) in [6.07, 6.45) is 0.903.